The van der Waals surface area contributed by atoms with Gasteiger partial charge in [0, 0.05) is 23.6 Å². The molecule has 0 aliphatic carbocycles. The second-order valence-corrected chi connectivity index (χ2v) is 6.45. The van der Waals surface area contributed by atoms with Crippen LogP contribution in [0.2, 0.25) is 0 Å². The zero-order valence-electron chi connectivity index (χ0n) is 15.0. The Morgan fingerprint density at radius 3 is 2.29 bits per heavy atom. The largest absolute Gasteiger partial charge is 0.480 e. The maximum Gasteiger partial charge on any atom is 0.326 e. The molecular formula is C21H18N2O5. The average molecular weight is 378 g/mol. The second kappa shape index (κ2) is 7.87. The van der Waals surface area contributed by atoms with Crippen molar-refractivity contribution in [2.45, 2.75) is 18.9 Å². The van der Waals surface area contributed by atoms with Crippen molar-refractivity contribution in [1.82, 2.24) is 5.32 Å². The number of fused-ring (bicyclic) bond motifs is 1. The first-order valence-corrected chi connectivity index (χ1v) is 8.64. The minimum Gasteiger partial charge on any atom is -0.480 e. The molecule has 3 aromatic rings. The molecule has 2 unspecified atom stereocenters. The highest BCUT2D eigenvalue weighted by Crippen LogP contribution is 2.24. The SMILES string of the molecule is CC(c1ccc([N+](=O)[O-])cc1)C(NC(=O)c1cccc2ccccc12)C(=O)O. The number of carbonyl (C=O) groups excluding carboxylic acids is 1. The van der Waals surface area contributed by atoms with E-state index in [0.29, 0.717) is 11.1 Å². The number of nitrogens with one attached hydrogen (secondary N) is 1. The molecule has 28 heavy (non-hydrogen) atoms. The maximum atomic E-state index is 12.8. The van der Waals surface area contributed by atoms with Gasteiger partial charge in [-0.2, -0.15) is 0 Å². The molecule has 1 amide bonds. The van der Waals surface area contributed by atoms with Crippen LogP contribution in [0, 0.1) is 10.1 Å². The van der Waals surface area contributed by atoms with Crippen LogP contribution in [0.4, 0.5) is 5.69 Å². The van der Waals surface area contributed by atoms with Gasteiger partial charge in [0.05, 0.1) is 4.92 Å². The van der Waals surface area contributed by atoms with Gasteiger partial charge in [-0.25, -0.2) is 4.79 Å². The minimum absolute atomic E-state index is 0.0809. The Balaban J connectivity index is 1.87. The number of nitro benzene ring substituents is 1. The summed E-state index contributed by atoms with van der Waals surface area (Å²) >= 11 is 0. The van der Waals surface area contributed by atoms with Gasteiger partial charge < -0.3 is 10.4 Å². The molecule has 7 heteroatoms. The van der Waals surface area contributed by atoms with Gasteiger partial charge in [0.25, 0.3) is 11.6 Å². The Kier molecular flexibility index (Phi) is 5.35. The lowest BCUT2D eigenvalue weighted by atomic mass is 9.92. The van der Waals surface area contributed by atoms with Crippen molar-refractivity contribution >= 4 is 28.3 Å². The van der Waals surface area contributed by atoms with Crippen LogP contribution >= 0.6 is 0 Å². The number of nitro groups is 1. The molecule has 3 aromatic carbocycles. The molecule has 0 radical (unpaired) electrons. The van der Waals surface area contributed by atoms with E-state index in [2.05, 4.69) is 5.32 Å². The number of carboxylic acid groups (broad SMARTS) is 1. The van der Waals surface area contributed by atoms with Gasteiger partial charge in [0.15, 0.2) is 0 Å². The molecular weight excluding hydrogens is 360 g/mol. The normalized spacial score (nSPS) is 12.9. The quantitative estimate of drug-likeness (QED) is 0.502. The molecule has 2 N–H and O–H groups in total. The Morgan fingerprint density at radius 1 is 1.00 bits per heavy atom. The summed E-state index contributed by atoms with van der Waals surface area (Å²) in [6, 6.07) is 17.1. The van der Waals surface area contributed by atoms with E-state index < -0.39 is 28.8 Å². The zero-order valence-corrected chi connectivity index (χ0v) is 15.0. The smallest absolute Gasteiger partial charge is 0.326 e. The van der Waals surface area contributed by atoms with Crippen molar-refractivity contribution in [2.75, 3.05) is 0 Å². The minimum atomic E-state index is -1.19. The Labute approximate surface area is 160 Å². The Hall–Kier alpha value is -3.74. The number of rotatable bonds is 6. The Morgan fingerprint density at radius 2 is 1.64 bits per heavy atom. The standard InChI is InChI=1S/C21H18N2O5/c1-13(14-9-11-16(12-10-14)23(27)28)19(21(25)26)22-20(24)18-8-4-6-15-5-2-3-7-17(15)18/h2-13,19H,1H3,(H,22,24)(H,25,26). The first kappa shape index (κ1) is 19.0. The van der Waals surface area contributed by atoms with Gasteiger partial charge in [-0.05, 0) is 22.4 Å². The fourth-order valence-corrected chi connectivity index (χ4v) is 3.14. The second-order valence-electron chi connectivity index (χ2n) is 6.45. The highest BCUT2D eigenvalue weighted by atomic mass is 16.6. The van der Waals surface area contributed by atoms with Gasteiger partial charge in [-0.15, -0.1) is 0 Å². The summed E-state index contributed by atoms with van der Waals surface area (Å²) in [5.41, 5.74) is 0.888. The number of carboxylic acids is 1. The average Bonchev–Trinajstić information content (AvgIpc) is 2.70. The lowest BCUT2D eigenvalue weighted by molar-refractivity contribution is -0.384. The first-order valence-electron chi connectivity index (χ1n) is 8.64. The summed E-state index contributed by atoms with van der Waals surface area (Å²) in [4.78, 5) is 34.9. The molecule has 0 aliphatic heterocycles. The predicted octanol–water partition coefficient (Wildman–Crippen LogP) is 3.73. The number of hydrogen-bond donors (Lipinski definition) is 2. The molecule has 0 heterocycles. The zero-order chi connectivity index (χ0) is 20.3. The van der Waals surface area contributed by atoms with Gasteiger partial charge in [0.1, 0.15) is 6.04 Å². The summed E-state index contributed by atoms with van der Waals surface area (Å²) in [7, 11) is 0. The van der Waals surface area contributed by atoms with E-state index in [4.69, 9.17) is 0 Å². The van der Waals surface area contributed by atoms with E-state index in [1.165, 1.54) is 24.3 Å². The monoisotopic (exact) mass is 378 g/mol. The molecule has 0 aromatic heterocycles. The molecule has 7 nitrogen and oxygen atoms in total. The fraction of sp³-hybridized carbons (Fsp3) is 0.143. The third kappa shape index (κ3) is 3.83. The number of amides is 1. The van der Waals surface area contributed by atoms with Crippen molar-refractivity contribution in [1.29, 1.82) is 0 Å². The van der Waals surface area contributed by atoms with E-state index >= 15 is 0 Å². The van der Waals surface area contributed by atoms with Gasteiger partial charge in [-0.1, -0.05) is 55.5 Å². The number of benzene rings is 3. The van der Waals surface area contributed by atoms with Crippen LogP contribution in [0.1, 0.15) is 28.8 Å². The number of nitrogens with zero attached hydrogens (tertiary/aromatic N) is 1. The predicted molar refractivity (Wildman–Crippen MR) is 104 cm³/mol. The lowest BCUT2D eigenvalue weighted by Crippen LogP contribution is -2.44. The van der Waals surface area contributed by atoms with Gasteiger partial charge in [0.2, 0.25) is 0 Å². The lowest BCUT2D eigenvalue weighted by Gasteiger charge is -2.22. The third-order valence-corrected chi connectivity index (χ3v) is 4.72. The van der Waals surface area contributed by atoms with E-state index in [-0.39, 0.29) is 5.69 Å². The van der Waals surface area contributed by atoms with E-state index in [1.54, 1.807) is 25.1 Å². The highest BCUT2D eigenvalue weighted by molar-refractivity contribution is 6.08. The maximum absolute atomic E-state index is 12.8. The van der Waals surface area contributed by atoms with Crippen LogP contribution in [0.25, 0.3) is 10.8 Å². The summed E-state index contributed by atoms with van der Waals surface area (Å²) in [6.07, 6.45) is 0. The van der Waals surface area contributed by atoms with Gasteiger partial charge in [-0.3, -0.25) is 14.9 Å². The van der Waals surface area contributed by atoms with Crippen molar-refractivity contribution in [3.8, 4) is 0 Å². The van der Waals surface area contributed by atoms with E-state index in [9.17, 15) is 24.8 Å². The van der Waals surface area contributed by atoms with E-state index in [1.807, 2.05) is 24.3 Å². The van der Waals surface area contributed by atoms with Crippen LogP contribution in [-0.2, 0) is 4.79 Å². The summed E-state index contributed by atoms with van der Waals surface area (Å²) in [6.45, 7) is 1.66. The fourth-order valence-electron chi connectivity index (χ4n) is 3.14. The van der Waals surface area contributed by atoms with Crippen molar-refractivity contribution in [2.24, 2.45) is 0 Å². The van der Waals surface area contributed by atoms with Crippen molar-refractivity contribution < 1.29 is 19.6 Å². The molecule has 0 aliphatic rings. The molecule has 0 spiro atoms. The molecule has 142 valence electrons. The highest BCUT2D eigenvalue weighted by Gasteiger charge is 2.28. The number of non-ortho nitro benzene ring substituents is 1. The summed E-state index contributed by atoms with van der Waals surface area (Å²) in [5.74, 6) is -2.25. The number of aliphatic carboxylic acids is 1. The van der Waals surface area contributed by atoms with Crippen LogP contribution in [0.15, 0.2) is 66.7 Å². The van der Waals surface area contributed by atoms with Crippen molar-refractivity contribution in [3.63, 3.8) is 0 Å². The number of hydrogen-bond acceptors (Lipinski definition) is 4. The first-order chi connectivity index (χ1) is 13.4. The molecule has 0 fully saturated rings. The summed E-state index contributed by atoms with van der Waals surface area (Å²) < 4.78 is 0. The molecule has 0 saturated heterocycles. The van der Waals surface area contributed by atoms with E-state index in [0.717, 1.165) is 10.8 Å². The Bertz CT molecular complexity index is 1040. The molecule has 2 atom stereocenters. The topological polar surface area (TPSA) is 110 Å². The molecule has 3 rings (SSSR count). The van der Waals surface area contributed by atoms with Crippen LogP contribution in [-0.4, -0.2) is 27.9 Å². The van der Waals surface area contributed by atoms with Gasteiger partial charge >= 0.3 is 5.97 Å². The van der Waals surface area contributed by atoms with Crippen LogP contribution in [0.3, 0.4) is 0 Å². The van der Waals surface area contributed by atoms with Crippen LogP contribution in [0.5, 0.6) is 0 Å². The third-order valence-electron chi connectivity index (χ3n) is 4.72. The van der Waals surface area contributed by atoms with Crippen molar-refractivity contribution in [3.05, 3.63) is 88.0 Å². The molecule has 0 bridgehead atoms. The number of carbonyl (C=O) groups is 2. The summed E-state index contributed by atoms with van der Waals surface area (Å²) in [5, 5.41) is 24.6. The van der Waals surface area contributed by atoms with Crippen LogP contribution < -0.4 is 5.32 Å². The molecule has 0 saturated carbocycles.